The Hall–Kier alpha value is -0.800. The van der Waals surface area contributed by atoms with Crippen LogP contribution in [0.25, 0.3) is 0 Å². The fourth-order valence-electron chi connectivity index (χ4n) is 4.47. The molecule has 0 aromatic carbocycles. The monoisotopic (exact) mass is 326 g/mol. The van der Waals surface area contributed by atoms with Crippen molar-refractivity contribution < 1.29 is 4.79 Å². The molecular formula is C16H20Cl2N2O. The largest absolute Gasteiger partial charge is 0.348 e. The summed E-state index contributed by atoms with van der Waals surface area (Å²) in [5.41, 5.74) is 0.801. The van der Waals surface area contributed by atoms with Gasteiger partial charge in [-0.05, 0) is 48.1 Å². The second kappa shape index (κ2) is 4.85. The highest BCUT2D eigenvalue weighted by Gasteiger charge is 2.59. The molecule has 2 fully saturated rings. The SMILES string of the molecule is CC12CCC(C1)C(C)(C)C2NC(=O)c1cc(Cl)nc(Cl)c1. The number of pyridine rings is 1. The number of halogens is 2. The lowest BCUT2D eigenvalue weighted by Crippen LogP contribution is -2.52. The molecule has 2 aliphatic carbocycles. The molecule has 3 atom stereocenters. The topological polar surface area (TPSA) is 42.0 Å². The minimum absolute atomic E-state index is 0.118. The van der Waals surface area contributed by atoms with Gasteiger partial charge in [-0.2, -0.15) is 0 Å². The van der Waals surface area contributed by atoms with Gasteiger partial charge in [-0.1, -0.05) is 44.0 Å². The summed E-state index contributed by atoms with van der Waals surface area (Å²) in [6, 6.07) is 3.30. The van der Waals surface area contributed by atoms with E-state index < -0.39 is 0 Å². The summed E-state index contributed by atoms with van der Waals surface area (Å²) in [6.07, 6.45) is 3.65. The summed E-state index contributed by atoms with van der Waals surface area (Å²) >= 11 is 11.8. The van der Waals surface area contributed by atoms with Gasteiger partial charge in [0.1, 0.15) is 10.3 Å². The van der Waals surface area contributed by atoms with Gasteiger partial charge in [-0.25, -0.2) is 4.98 Å². The van der Waals surface area contributed by atoms with E-state index in [1.165, 1.54) is 19.3 Å². The maximum absolute atomic E-state index is 12.6. The second-order valence-corrected chi connectivity index (χ2v) is 8.10. The molecule has 21 heavy (non-hydrogen) atoms. The molecule has 2 aliphatic rings. The number of nitrogens with zero attached hydrogens (tertiary/aromatic N) is 1. The molecule has 0 saturated heterocycles. The standard InChI is InChI=1S/C16H20Cl2N2O/c1-15(2)10-4-5-16(3,8-10)14(15)20-13(21)9-6-11(17)19-12(18)7-9/h6-7,10,14H,4-5,8H2,1-3H3,(H,20,21). The number of fused-ring (bicyclic) bond motifs is 2. The highest BCUT2D eigenvalue weighted by molar-refractivity contribution is 6.33. The molecule has 1 amide bonds. The molecule has 114 valence electrons. The van der Waals surface area contributed by atoms with Crippen LogP contribution in [0.2, 0.25) is 10.3 Å². The molecule has 3 unspecified atom stereocenters. The zero-order valence-corrected chi connectivity index (χ0v) is 14.1. The van der Waals surface area contributed by atoms with Gasteiger partial charge in [0.2, 0.25) is 0 Å². The molecule has 1 heterocycles. The molecule has 1 N–H and O–H groups in total. The van der Waals surface area contributed by atoms with Crippen LogP contribution in [0.3, 0.4) is 0 Å². The van der Waals surface area contributed by atoms with Gasteiger partial charge in [-0.15, -0.1) is 0 Å². The van der Waals surface area contributed by atoms with E-state index in [2.05, 4.69) is 31.1 Å². The molecule has 2 bridgehead atoms. The van der Waals surface area contributed by atoms with Gasteiger partial charge in [-0.3, -0.25) is 4.79 Å². The van der Waals surface area contributed by atoms with Crippen LogP contribution in [0.1, 0.15) is 50.4 Å². The lowest BCUT2D eigenvalue weighted by molar-refractivity contribution is 0.0737. The number of aromatic nitrogens is 1. The van der Waals surface area contributed by atoms with E-state index >= 15 is 0 Å². The van der Waals surface area contributed by atoms with Crippen molar-refractivity contribution in [2.75, 3.05) is 0 Å². The third-order valence-corrected chi connectivity index (χ3v) is 5.96. The first kappa shape index (κ1) is 15.1. The maximum atomic E-state index is 12.6. The van der Waals surface area contributed by atoms with Crippen LogP contribution in [0.4, 0.5) is 0 Å². The highest BCUT2D eigenvalue weighted by atomic mass is 35.5. The first-order chi connectivity index (χ1) is 9.72. The summed E-state index contributed by atoms with van der Waals surface area (Å²) in [6.45, 7) is 6.82. The average molecular weight is 327 g/mol. The summed E-state index contributed by atoms with van der Waals surface area (Å²) in [5, 5.41) is 3.71. The van der Waals surface area contributed by atoms with Gasteiger partial charge in [0.05, 0.1) is 0 Å². The Labute approximate surface area is 135 Å². The molecule has 1 aromatic rings. The van der Waals surface area contributed by atoms with E-state index in [-0.39, 0.29) is 33.1 Å². The third kappa shape index (κ3) is 2.44. The zero-order chi connectivity index (χ0) is 15.4. The Morgan fingerprint density at radius 1 is 1.29 bits per heavy atom. The van der Waals surface area contributed by atoms with Crippen molar-refractivity contribution in [3.05, 3.63) is 28.0 Å². The Morgan fingerprint density at radius 2 is 1.90 bits per heavy atom. The molecule has 2 saturated carbocycles. The second-order valence-electron chi connectivity index (χ2n) is 7.32. The Balaban J connectivity index is 1.84. The van der Waals surface area contributed by atoms with E-state index in [0.29, 0.717) is 11.5 Å². The van der Waals surface area contributed by atoms with Crippen LogP contribution in [-0.4, -0.2) is 16.9 Å². The molecule has 0 spiro atoms. The number of hydrogen-bond acceptors (Lipinski definition) is 2. The van der Waals surface area contributed by atoms with Crippen molar-refractivity contribution in [3.8, 4) is 0 Å². The Kier molecular flexibility index (Phi) is 3.49. The van der Waals surface area contributed by atoms with Crippen LogP contribution in [0, 0.1) is 16.7 Å². The fourth-order valence-corrected chi connectivity index (χ4v) is 4.93. The summed E-state index contributed by atoms with van der Waals surface area (Å²) in [4.78, 5) is 16.4. The Bertz CT molecular complexity index is 577. The van der Waals surface area contributed by atoms with E-state index in [1.807, 2.05) is 0 Å². The minimum Gasteiger partial charge on any atom is -0.348 e. The number of rotatable bonds is 2. The van der Waals surface area contributed by atoms with E-state index in [0.717, 1.165) is 0 Å². The van der Waals surface area contributed by atoms with Crippen molar-refractivity contribution >= 4 is 29.1 Å². The van der Waals surface area contributed by atoms with Gasteiger partial charge in [0.15, 0.2) is 0 Å². The first-order valence-corrected chi connectivity index (χ1v) is 8.12. The minimum atomic E-state index is -0.118. The van der Waals surface area contributed by atoms with E-state index in [1.54, 1.807) is 12.1 Å². The average Bonchev–Trinajstić information content (AvgIpc) is 2.84. The molecule has 1 aromatic heterocycles. The van der Waals surface area contributed by atoms with Gasteiger partial charge < -0.3 is 5.32 Å². The molecule has 0 radical (unpaired) electrons. The zero-order valence-electron chi connectivity index (χ0n) is 12.5. The third-order valence-electron chi connectivity index (χ3n) is 5.57. The number of carbonyl (C=O) groups is 1. The quantitative estimate of drug-likeness (QED) is 0.822. The summed E-state index contributed by atoms with van der Waals surface area (Å²) in [5.74, 6) is 0.575. The van der Waals surface area contributed by atoms with Crippen LogP contribution in [-0.2, 0) is 0 Å². The molecule has 3 nitrogen and oxygen atoms in total. The Morgan fingerprint density at radius 3 is 2.43 bits per heavy atom. The van der Waals surface area contributed by atoms with Crippen molar-refractivity contribution in [1.82, 2.24) is 10.3 Å². The maximum Gasteiger partial charge on any atom is 0.251 e. The van der Waals surface area contributed by atoms with Crippen LogP contribution in [0.5, 0.6) is 0 Å². The van der Waals surface area contributed by atoms with Crippen LogP contribution in [0.15, 0.2) is 12.1 Å². The van der Waals surface area contributed by atoms with Crippen molar-refractivity contribution in [2.45, 2.75) is 46.1 Å². The normalized spacial score (nSPS) is 33.2. The number of hydrogen-bond donors (Lipinski definition) is 1. The number of amides is 1. The molecule has 5 heteroatoms. The molecule has 0 aliphatic heterocycles. The number of nitrogens with one attached hydrogen (secondary N) is 1. The highest BCUT2D eigenvalue weighted by Crippen LogP contribution is 2.62. The van der Waals surface area contributed by atoms with Crippen molar-refractivity contribution in [2.24, 2.45) is 16.7 Å². The summed E-state index contributed by atoms with van der Waals surface area (Å²) < 4.78 is 0. The van der Waals surface area contributed by atoms with Crippen LogP contribution >= 0.6 is 23.2 Å². The van der Waals surface area contributed by atoms with Gasteiger partial charge >= 0.3 is 0 Å². The predicted octanol–water partition coefficient (Wildman–Crippen LogP) is 4.33. The molecule has 3 rings (SSSR count). The van der Waals surface area contributed by atoms with Crippen molar-refractivity contribution in [1.29, 1.82) is 0 Å². The van der Waals surface area contributed by atoms with Gasteiger partial charge in [0.25, 0.3) is 5.91 Å². The fraction of sp³-hybridized carbons (Fsp3) is 0.625. The predicted molar refractivity (Wildman–Crippen MR) is 84.7 cm³/mol. The van der Waals surface area contributed by atoms with E-state index in [9.17, 15) is 4.79 Å². The van der Waals surface area contributed by atoms with Gasteiger partial charge in [0, 0.05) is 11.6 Å². The lowest BCUT2D eigenvalue weighted by Gasteiger charge is -2.43. The summed E-state index contributed by atoms with van der Waals surface area (Å²) in [7, 11) is 0. The van der Waals surface area contributed by atoms with Crippen molar-refractivity contribution in [3.63, 3.8) is 0 Å². The lowest BCUT2D eigenvalue weighted by atomic mass is 9.68. The van der Waals surface area contributed by atoms with E-state index in [4.69, 9.17) is 23.2 Å². The smallest absolute Gasteiger partial charge is 0.251 e. The van der Waals surface area contributed by atoms with Crippen LogP contribution < -0.4 is 5.32 Å². The number of carbonyl (C=O) groups excluding carboxylic acids is 1. The molecular weight excluding hydrogens is 307 g/mol. The first-order valence-electron chi connectivity index (χ1n) is 7.36.